The highest BCUT2D eigenvalue weighted by Crippen LogP contribution is 2.28. The smallest absolute Gasteiger partial charge is 0.416 e. The van der Waals surface area contributed by atoms with Crippen molar-refractivity contribution in [2.75, 3.05) is 26.6 Å². The van der Waals surface area contributed by atoms with Gasteiger partial charge in [-0.2, -0.15) is 0 Å². The van der Waals surface area contributed by atoms with Crippen molar-refractivity contribution in [2.45, 2.75) is 44.0 Å². The largest absolute Gasteiger partial charge is 0.573 e. The van der Waals surface area contributed by atoms with E-state index in [4.69, 9.17) is 23.7 Å². The quantitative estimate of drug-likeness (QED) is 0.440. The summed E-state index contributed by atoms with van der Waals surface area (Å²) in [5.41, 5.74) is 1.58. The van der Waals surface area contributed by atoms with Crippen LogP contribution in [0.3, 0.4) is 0 Å². The van der Waals surface area contributed by atoms with Crippen LogP contribution < -0.4 is 10.1 Å². The van der Waals surface area contributed by atoms with Gasteiger partial charge in [-0.25, -0.2) is 14.5 Å². The highest BCUT2D eigenvalue weighted by atomic mass is 19.4. The van der Waals surface area contributed by atoms with Gasteiger partial charge < -0.3 is 28.4 Å². The number of carbonyl (C=O) groups excluding carboxylic acids is 1. The van der Waals surface area contributed by atoms with Crippen LogP contribution in [0.4, 0.5) is 23.7 Å². The van der Waals surface area contributed by atoms with Crippen molar-refractivity contribution in [3.63, 3.8) is 0 Å². The third kappa shape index (κ3) is 6.84. The molecule has 11 nitrogen and oxygen atoms in total. The number of nitrogens with zero attached hydrogens (tertiary/aromatic N) is 3. The van der Waals surface area contributed by atoms with E-state index in [2.05, 4.69) is 20.1 Å². The normalized spacial score (nSPS) is 23.3. The lowest BCUT2D eigenvalue weighted by molar-refractivity contribution is -0.288. The highest BCUT2D eigenvalue weighted by Gasteiger charge is 2.47. The Morgan fingerprint density at radius 1 is 0.949 bits per heavy atom. The van der Waals surface area contributed by atoms with E-state index in [1.165, 1.54) is 56.6 Å². The van der Waals surface area contributed by atoms with Gasteiger partial charge in [-0.3, -0.25) is 5.32 Å². The fraction of sp³-hybridized carbons (Fsp3) is 0.400. The number of nitrogens with one attached hydrogen (secondary N) is 1. The van der Waals surface area contributed by atoms with Crippen LogP contribution in [0.15, 0.2) is 54.9 Å². The van der Waals surface area contributed by atoms with Crippen LogP contribution in [0.1, 0.15) is 6.92 Å². The molecule has 1 N–H and O–H groups in total. The van der Waals surface area contributed by atoms with Gasteiger partial charge in [-0.15, -0.1) is 18.3 Å². The summed E-state index contributed by atoms with van der Waals surface area (Å²) in [6.45, 7) is 1.78. The maximum Gasteiger partial charge on any atom is 0.573 e. The van der Waals surface area contributed by atoms with Gasteiger partial charge in [-0.1, -0.05) is 0 Å². The molecule has 2 heterocycles. The van der Waals surface area contributed by atoms with Gasteiger partial charge >= 0.3 is 12.5 Å². The van der Waals surface area contributed by atoms with E-state index >= 15 is 0 Å². The number of halogens is 3. The maximum atomic E-state index is 12.6. The molecule has 1 aromatic heterocycles. The summed E-state index contributed by atoms with van der Waals surface area (Å²) in [7, 11) is 4.51. The van der Waals surface area contributed by atoms with Crippen molar-refractivity contribution in [3.8, 4) is 22.8 Å². The van der Waals surface area contributed by atoms with Crippen LogP contribution in [-0.2, 0) is 23.7 Å². The second-order valence-electron chi connectivity index (χ2n) is 8.47. The molecular formula is C25H27F3N4O7. The van der Waals surface area contributed by atoms with E-state index in [0.717, 1.165) is 0 Å². The van der Waals surface area contributed by atoms with Gasteiger partial charge in [0.15, 0.2) is 5.82 Å². The Morgan fingerprint density at radius 3 is 2.18 bits per heavy atom. The van der Waals surface area contributed by atoms with Gasteiger partial charge in [-0.05, 0) is 55.5 Å². The average molecular weight is 553 g/mol. The van der Waals surface area contributed by atoms with E-state index in [1.54, 1.807) is 31.2 Å². The number of amides is 1. The molecule has 210 valence electrons. The number of hydrogen-bond acceptors (Lipinski definition) is 9. The predicted octanol–water partition coefficient (Wildman–Crippen LogP) is 4.17. The molecule has 1 aliphatic rings. The Bertz CT molecular complexity index is 1240. The molecule has 4 rings (SSSR count). The predicted molar refractivity (Wildman–Crippen MR) is 130 cm³/mol. The summed E-state index contributed by atoms with van der Waals surface area (Å²) in [5, 5.41) is 6.99. The Labute approximate surface area is 221 Å². The Kier molecular flexibility index (Phi) is 8.70. The van der Waals surface area contributed by atoms with Gasteiger partial charge in [0.05, 0.1) is 11.8 Å². The number of hydrogen-bond donors (Lipinski definition) is 1. The third-order valence-corrected chi connectivity index (χ3v) is 5.98. The zero-order chi connectivity index (χ0) is 28.2. The molecule has 1 saturated heterocycles. The lowest BCUT2D eigenvalue weighted by atomic mass is 9.99. The summed E-state index contributed by atoms with van der Waals surface area (Å²) in [4.78, 5) is 16.8. The highest BCUT2D eigenvalue weighted by molar-refractivity contribution is 5.85. The van der Waals surface area contributed by atoms with Crippen LogP contribution in [0, 0.1) is 0 Å². The molecule has 39 heavy (non-hydrogen) atoms. The number of benzene rings is 2. The fourth-order valence-corrected chi connectivity index (χ4v) is 4.19. The summed E-state index contributed by atoms with van der Waals surface area (Å²) in [6.07, 6.45) is -7.17. The summed E-state index contributed by atoms with van der Waals surface area (Å²) in [6, 6.07) is 11.9. The molecule has 1 amide bonds. The topological polar surface area (TPSA) is 115 Å². The Hall–Kier alpha value is -3.72. The molecule has 0 saturated carbocycles. The van der Waals surface area contributed by atoms with E-state index in [0.29, 0.717) is 22.8 Å². The van der Waals surface area contributed by atoms with Crippen LogP contribution in [0.25, 0.3) is 17.1 Å². The van der Waals surface area contributed by atoms with Gasteiger partial charge in [0.1, 0.15) is 30.4 Å². The van der Waals surface area contributed by atoms with Crippen LogP contribution in [0.5, 0.6) is 5.75 Å². The van der Waals surface area contributed by atoms with Crippen LogP contribution in [-0.4, -0.2) is 79.3 Å². The van der Waals surface area contributed by atoms with Gasteiger partial charge in [0.25, 0.3) is 0 Å². The SMILES string of the molecule is CO[C@@H]1[C@H](OC)[C@H](OC(=O)Nc2ccc(-c3ncn(-c4ccc(OC(F)(F)F)cc4)n3)cc2)O[C@@H](C)[C@@H]1OC. The summed E-state index contributed by atoms with van der Waals surface area (Å²) >= 11 is 0. The number of carbonyl (C=O) groups is 1. The van der Waals surface area contributed by atoms with Crippen molar-refractivity contribution in [1.29, 1.82) is 0 Å². The zero-order valence-electron chi connectivity index (χ0n) is 21.4. The minimum Gasteiger partial charge on any atom is -0.416 e. The second kappa shape index (κ2) is 12.0. The molecule has 1 aliphatic heterocycles. The number of ether oxygens (including phenoxy) is 6. The summed E-state index contributed by atoms with van der Waals surface area (Å²) < 4.78 is 70.0. The maximum absolute atomic E-state index is 12.6. The minimum atomic E-state index is -4.77. The number of rotatable bonds is 8. The monoisotopic (exact) mass is 552 g/mol. The molecule has 0 spiro atoms. The van der Waals surface area contributed by atoms with Crippen molar-refractivity contribution in [3.05, 3.63) is 54.9 Å². The van der Waals surface area contributed by atoms with Crippen LogP contribution >= 0.6 is 0 Å². The first-order chi connectivity index (χ1) is 18.6. The Morgan fingerprint density at radius 2 is 1.59 bits per heavy atom. The molecule has 5 atom stereocenters. The third-order valence-electron chi connectivity index (χ3n) is 5.98. The molecule has 14 heteroatoms. The van der Waals surface area contributed by atoms with E-state index < -0.39 is 43.2 Å². The first kappa shape index (κ1) is 28.3. The molecule has 0 bridgehead atoms. The molecule has 1 fully saturated rings. The molecule has 3 aromatic rings. The fourth-order valence-electron chi connectivity index (χ4n) is 4.19. The van der Waals surface area contributed by atoms with Crippen molar-refractivity contribution in [2.24, 2.45) is 0 Å². The Balaban J connectivity index is 1.37. The first-order valence-electron chi connectivity index (χ1n) is 11.7. The van der Waals surface area contributed by atoms with E-state index in [9.17, 15) is 18.0 Å². The first-order valence-corrected chi connectivity index (χ1v) is 11.7. The zero-order valence-corrected chi connectivity index (χ0v) is 21.4. The lowest BCUT2D eigenvalue weighted by Crippen LogP contribution is -2.59. The molecule has 2 aromatic carbocycles. The van der Waals surface area contributed by atoms with Gasteiger partial charge in [0, 0.05) is 32.6 Å². The summed E-state index contributed by atoms with van der Waals surface area (Å²) in [5.74, 6) is 0.0266. The number of anilines is 1. The second-order valence-corrected chi connectivity index (χ2v) is 8.47. The van der Waals surface area contributed by atoms with Gasteiger partial charge in [0.2, 0.25) is 6.29 Å². The number of alkyl halides is 3. The van der Waals surface area contributed by atoms with Crippen molar-refractivity contribution < 1.29 is 46.4 Å². The van der Waals surface area contributed by atoms with Crippen molar-refractivity contribution in [1.82, 2.24) is 14.8 Å². The van der Waals surface area contributed by atoms with Crippen molar-refractivity contribution >= 4 is 11.8 Å². The lowest BCUT2D eigenvalue weighted by Gasteiger charge is -2.43. The van der Waals surface area contributed by atoms with Crippen LogP contribution in [0.2, 0.25) is 0 Å². The average Bonchev–Trinajstić information content (AvgIpc) is 3.38. The standard InChI is InChI=1S/C25H27F3N4O7/c1-14-19(34-2)20(35-3)21(36-4)23(37-14)38-24(33)30-16-7-5-15(6-8-16)22-29-13-32(31-22)17-9-11-18(12-10-17)39-25(26,27)28/h5-14,19-21,23H,1-4H3,(H,30,33)/t14-,19-,20-,21-,23-/m0/s1. The molecule has 0 radical (unpaired) electrons. The molecular weight excluding hydrogens is 525 g/mol. The van der Waals surface area contributed by atoms with E-state index in [-0.39, 0.29) is 5.75 Å². The number of methoxy groups -OCH3 is 3. The molecule has 0 aliphatic carbocycles. The molecule has 0 unspecified atom stereocenters. The minimum absolute atomic E-state index is 0.340. The van der Waals surface area contributed by atoms with E-state index in [1.807, 2.05) is 0 Å². The number of aromatic nitrogens is 3.